The molecular formula is C16H14N6O2. The van der Waals surface area contributed by atoms with Crippen LogP contribution in [0.25, 0.3) is 34.0 Å². The normalized spacial score (nSPS) is 11.2. The zero-order chi connectivity index (χ0) is 16.5. The molecule has 0 bridgehead atoms. The molecule has 0 atom stereocenters. The second-order valence-electron chi connectivity index (χ2n) is 5.33. The van der Waals surface area contributed by atoms with Gasteiger partial charge in [0.15, 0.2) is 0 Å². The topological polar surface area (TPSA) is 102 Å². The molecule has 0 aliphatic carbocycles. The SMILES string of the molecule is CCCn1c(=O)[nH]c2cc(-c3noc(-c4cnccn4)n3)ccc21. The minimum atomic E-state index is -0.114. The van der Waals surface area contributed by atoms with E-state index in [0.717, 1.165) is 23.0 Å². The number of benzene rings is 1. The van der Waals surface area contributed by atoms with Crippen LogP contribution in [-0.2, 0) is 6.54 Å². The Labute approximate surface area is 136 Å². The molecule has 8 nitrogen and oxygen atoms in total. The molecule has 4 rings (SSSR count). The second kappa shape index (κ2) is 5.73. The largest absolute Gasteiger partial charge is 0.332 e. The number of imidazole rings is 1. The monoisotopic (exact) mass is 322 g/mol. The molecule has 1 aromatic carbocycles. The van der Waals surface area contributed by atoms with Crippen molar-refractivity contribution in [2.24, 2.45) is 0 Å². The predicted octanol–water partition coefficient (Wildman–Crippen LogP) is 2.25. The highest BCUT2D eigenvalue weighted by atomic mass is 16.5. The number of hydrogen-bond donors (Lipinski definition) is 1. The van der Waals surface area contributed by atoms with Crippen molar-refractivity contribution < 1.29 is 4.52 Å². The van der Waals surface area contributed by atoms with Crippen LogP contribution in [0.2, 0.25) is 0 Å². The minimum Gasteiger partial charge on any atom is -0.332 e. The van der Waals surface area contributed by atoms with E-state index in [1.165, 1.54) is 0 Å². The van der Waals surface area contributed by atoms with Gasteiger partial charge in [-0.3, -0.25) is 9.55 Å². The predicted molar refractivity (Wildman–Crippen MR) is 87.2 cm³/mol. The van der Waals surface area contributed by atoms with E-state index in [1.807, 2.05) is 25.1 Å². The summed E-state index contributed by atoms with van der Waals surface area (Å²) in [5.41, 5.74) is 2.77. The minimum absolute atomic E-state index is 0.114. The smallest absolute Gasteiger partial charge is 0.326 e. The Balaban J connectivity index is 1.75. The van der Waals surface area contributed by atoms with Gasteiger partial charge in [0.25, 0.3) is 5.89 Å². The molecule has 3 aromatic heterocycles. The van der Waals surface area contributed by atoms with E-state index in [1.54, 1.807) is 23.2 Å². The van der Waals surface area contributed by atoms with Gasteiger partial charge in [-0.05, 0) is 24.6 Å². The molecule has 0 aliphatic rings. The number of aromatic nitrogens is 6. The van der Waals surface area contributed by atoms with Gasteiger partial charge >= 0.3 is 5.69 Å². The Morgan fingerprint density at radius 3 is 3.00 bits per heavy atom. The van der Waals surface area contributed by atoms with Crippen molar-refractivity contribution in [3.8, 4) is 23.0 Å². The molecule has 0 amide bonds. The van der Waals surface area contributed by atoms with Crippen molar-refractivity contribution in [3.05, 3.63) is 47.3 Å². The van der Waals surface area contributed by atoms with E-state index in [4.69, 9.17) is 4.52 Å². The molecule has 0 unspecified atom stereocenters. The number of fused-ring (bicyclic) bond motifs is 1. The molecule has 3 heterocycles. The zero-order valence-electron chi connectivity index (χ0n) is 12.9. The van der Waals surface area contributed by atoms with Gasteiger partial charge in [0, 0.05) is 24.5 Å². The maximum atomic E-state index is 12.0. The first-order valence-corrected chi connectivity index (χ1v) is 7.59. The van der Waals surface area contributed by atoms with Gasteiger partial charge in [-0.15, -0.1) is 0 Å². The third-order valence-electron chi connectivity index (χ3n) is 3.69. The summed E-state index contributed by atoms with van der Waals surface area (Å²) in [6, 6.07) is 5.60. The summed E-state index contributed by atoms with van der Waals surface area (Å²) in [4.78, 5) is 27.3. The molecule has 0 saturated carbocycles. The average Bonchev–Trinajstić information content (AvgIpc) is 3.21. The Morgan fingerprint density at radius 2 is 2.21 bits per heavy atom. The summed E-state index contributed by atoms with van der Waals surface area (Å²) in [6.45, 7) is 2.71. The first-order chi connectivity index (χ1) is 11.8. The van der Waals surface area contributed by atoms with Gasteiger partial charge in [-0.2, -0.15) is 4.98 Å². The molecule has 120 valence electrons. The van der Waals surface area contributed by atoms with Crippen molar-refractivity contribution in [2.75, 3.05) is 0 Å². The fourth-order valence-electron chi connectivity index (χ4n) is 2.60. The van der Waals surface area contributed by atoms with Crippen molar-refractivity contribution in [3.63, 3.8) is 0 Å². The van der Waals surface area contributed by atoms with Crippen molar-refractivity contribution in [2.45, 2.75) is 19.9 Å². The Bertz CT molecular complexity index is 1050. The average molecular weight is 322 g/mol. The molecule has 0 fully saturated rings. The number of nitrogens with one attached hydrogen (secondary N) is 1. The lowest BCUT2D eigenvalue weighted by atomic mass is 10.2. The first kappa shape index (κ1) is 14.3. The molecule has 0 saturated heterocycles. The molecule has 0 spiro atoms. The second-order valence-corrected chi connectivity index (χ2v) is 5.33. The highest BCUT2D eigenvalue weighted by molar-refractivity contribution is 5.80. The molecule has 8 heteroatoms. The molecule has 1 N–H and O–H groups in total. The Hall–Kier alpha value is -3.29. The van der Waals surface area contributed by atoms with Crippen LogP contribution in [0, 0.1) is 0 Å². The lowest BCUT2D eigenvalue weighted by Crippen LogP contribution is -2.16. The van der Waals surface area contributed by atoms with Crippen LogP contribution in [0.15, 0.2) is 46.1 Å². The first-order valence-electron chi connectivity index (χ1n) is 7.59. The number of aryl methyl sites for hydroxylation is 1. The van der Waals surface area contributed by atoms with Gasteiger partial charge in [-0.1, -0.05) is 12.1 Å². The third-order valence-corrected chi connectivity index (χ3v) is 3.69. The quantitative estimate of drug-likeness (QED) is 0.618. The van der Waals surface area contributed by atoms with E-state index in [9.17, 15) is 4.79 Å². The number of aromatic amines is 1. The van der Waals surface area contributed by atoms with Crippen molar-refractivity contribution in [1.82, 2.24) is 29.7 Å². The highest BCUT2D eigenvalue weighted by Gasteiger charge is 2.13. The van der Waals surface area contributed by atoms with Crippen LogP contribution < -0.4 is 5.69 Å². The van der Waals surface area contributed by atoms with Crippen molar-refractivity contribution >= 4 is 11.0 Å². The lowest BCUT2D eigenvalue weighted by molar-refractivity contribution is 0.431. The highest BCUT2D eigenvalue weighted by Crippen LogP contribution is 2.23. The van der Waals surface area contributed by atoms with E-state index in [2.05, 4.69) is 25.1 Å². The van der Waals surface area contributed by atoms with Gasteiger partial charge in [0.2, 0.25) is 5.82 Å². The summed E-state index contributed by atoms with van der Waals surface area (Å²) in [6.07, 6.45) is 5.59. The fraction of sp³-hybridized carbons (Fsp3) is 0.188. The lowest BCUT2D eigenvalue weighted by Gasteiger charge is -2.00. The maximum absolute atomic E-state index is 12.0. The Kier molecular flexibility index (Phi) is 3.42. The summed E-state index contributed by atoms with van der Waals surface area (Å²) >= 11 is 0. The molecule has 4 aromatic rings. The van der Waals surface area contributed by atoms with Crippen LogP contribution in [0.4, 0.5) is 0 Å². The fourth-order valence-corrected chi connectivity index (χ4v) is 2.60. The van der Waals surface area contributed by atoms with Crippen LogP contribution in [-0.4, -0.2) is 29.7 Å². The Morgan fingerprint density at radius 1 is 1.29 bits per heavy atom. The van der Waals surface area contributed by atoms with Gasteiger partial charge < -0.3 is 9.51 Å². The molecule has 0 radical (unpaired) electrons. The number of rotatable bonds is 4. The number of nitrogens with zero attached hydrogens (tertiary/aromatic N) is 5. The van der Waals surface area contributed by atoms with Crippen LogP contribution in [0.3, 0.4) is 0 Å². The molecule has 0 aliphatic heterocycles. The maximum Gasteiger partial charge on any atom is 0.326 e. The van der Waals surface area contributed by atoms with Gasteiger partial charge in [0.1, 0.15) is 5.69 Å². The molecule has 24 heavy (non-hydrogen) atoms. The standard InChI is InChI=1S/C16H14N6O2/c1-2-7-22-13-4-3-10(8-11(13)19-16(22)23)14-20-15(24-21-14)12-9-17-5-6-18-12/h3-6,8-9H,2,7H2,1H3,(H,19,23). The van der Waals surface area contributed by atoms with Crippen LogP contribution in [0.1, 0.15) is 13.3 Å². The van der Waals surface area contributed by atoms with E-state index < -0.39 is 0 Å². The van der Waals surface area contributed by atoms with Crippen molar-refractivity contribution in [1.29, 1.82) is 0 Å². The third kappa shape index (κ3) is 2.37. The summed E-state index contributed by atoms with van der Waals surface area (Å²) in [5, 5.41) is 3.98. The summed E-state index contributed by atoms with van der Waals surface area (Å²) < 4.78 is 6.97. The van der Waals surface area contributed by atoms with Gasteiger partial charge in [0.05, 0.1) is 17.2 Å². The zero-order valence-corrected chi connectivity index (χ0v) is 12.9. The van der Waals surface area contributed by atoms with E-state index in [0.29, 0.717) is 24.0 Å². The van der Waals surface area contributed by atoms with Crippen LogP contribution in [0.5, 0.6) is 0 Å². The van der Waals surface area contributed by atoms with Gasteiger partial charge in [-0.25, -0.2) is 9.78 Å². The molecular weight excluding hydrogens is 308 g/mol. The van der Waals surface area contributed by atoms with E-state index >= 15 is 0 Å². The number of H-pyrrole nitrogens is 1. The van der Waals surface area contributed by atoms with E-state index in [-0.39, 0.29) is 5.69 Å². The summed E-state index contributed by atoms with van der Waals surface area (Å²) in [5.74, 6) is 0.733. The number of hydrogen-bond acceptors (Lipinski definition) is 6. The van der Waals surface area contributed by atoms with Crippen LogP contribution >= 0.6 is 0 Å². The summed E-state index contributed by atoms with van der Waals surface area (Å²) in [7, 11) is 0.